The van der Waals surface area contributed by atoms with Crippen LogP contribution in [0.1, 0.15) is 49.8 Å². The van der Waals surface area contributed by atoms with Crippen molar-refractivity contribution in [3.8, 4) is 5.69 Å². The summed E-state index contributed by atoms with van der Waals surface area (Å²) in [6.45, 7) is 8.45. The zero-order valence-corrected chi connectivity index (χ0v) is 13.4. The molecule has 0 spiro atoms. The number of benzene rings is 1. The zero-order chi connectivity index (χ0) is 15.7. The molecule has 0 aliphatic carbocycles. The molecule has 5 nitrogen and oxygen atoms in total. The minimum Gasteiger partial charge on any atom is -0.372 e. The predicted octanol–water partition coefficient (Wildman–Crippen LogP) is 2.98. The van der Waals surface area contributed by atoms with Crippen LogP contribution in [-0.4, -0.2) is 34.4 Å². The summed E-state index contributed by atoms with van der Waals surface area (Å²) in [6.07, 6.45) is 3.31. The molecule has 1 aromatic heterocycles. The highest BCUT2D eigenvalue weighted by atomic mass is 16.1. The van der Waals surface area contributed by atoms with Gasteiger partial charge in [-0.2, -0.15) is 0 Å². The summed E-state index contributed by atoms with van der Waals surface area (Å²) in [6, 6.07) is 8.34. The van der Waals surface area contributed by atoms with Gasteiger partial charge in [0.05, 0.1) is 11.4 Å². The first-order valence-electron chi connectivity index (χ1n) is 7.77. The largest absolute Gasteiger partial charge is 0.372 e. The van der Waals surface area contributed by atoms with Crippen LogP contribution in [0.25, 0.3) is 5.69 Å². The number of rotatable bonds is 3. The Morgan fingerprint density at radius 3 is 2.18 bits per heavy atom. The molecule has 2 heterocycles. The van der Waals surface area contributed by atoms with Crippen molar-refractivity contribution in [2.45, 2.75) is 39.0 Å². The van der Waals surface area contributed by atoms with Gasteiger partial charge in [-0.05, 0) is 37.1 Å². The predicted molar refractivity (Wildman–Crippen MR) is 86.9 cm³/mol. The molecule has 5 heteroatoms. The molecule has 3 rings (SSSR count). The van der Waals surface area contributed by atoms with E-state index in [1.165, 1.54) is 18.5 Å². The normalized spacial score (nSPS) is 15.3. The third-order valence-electron chi connectivity index (χ3n) is 4.08. The Morgan fingerprint density at radius 1 is 1.05 bits per heavy atom. The van der Waals surface area contributed by atoms with E-state index >= 15 is 0 Å². The van der Waals surface area contributed by atoms with Crippen LogP contribution in [0.2, 0.25) is 0 Å². The van der Waals surface area contributed by atoms with Gasteiger partial charge in [-0.3, -0.25) is 4.79 Å². The number of aromatic nitrogens is 3. The van der Waals surface area contributed by atoms with Crippen LogP contribution in [-0.2, 0) is 5.41 Å². The maximum atomic E-state index is 11.2. The molecule has 1 aliphatic heterocycles. The van der Waals surface area contributed by atoms with Crippen molar-refractivity contribution in [2.75, 3.05) is 18.0 Å². The van der Waals surface area contributed by atoms with Crippen LogP contribution in [0, 0.1) is 0 Å². The fourth-order valence-corrected chi connectivity index (χ4v) is 3.04. The molecule has 0 saturated carbocycles. The molecular weight excluding hydrogens is 276 g/mol. The molecule has 1 saturated heterocycles. The topological polar surface area (TPSA) is 51.0 Å². The fourth-order valence-electron chi connectivity index (χ4n) is 3.04. The lowest BCUT2D eigenvalue weighted by molar-refractivity contribution is 0.111. The quantitative estimate of drug-likeness (QED) is 0.817. The van der Waals surface area contributed by atoms with Gasteiger partial charge in [0.25, 0.3) is 0 Å². The van der Waals surface area contributed by atoms with Crippen LogP contribution in [0.4, 0.5) is 5.69 Å². The van der Waals surface area contributed by atoms with Gasteiger partial charge in [-0.25, -0.2) is 4.68 Å². The summed E-state index contributed by atoms with van der Waals surface area (Å²) in [5.74, 6) is 0. The van der Waals surface area contributed by atoms with Crippen LogP contribution in [0.15, 0.2) is 24.3 Å². The zero-order valence-electron chi connectivity index (χ0n) is 13.4. The SMILES string of the molecule is CC(C)(C)c1c(C=O)nnn1-c1ccc(N2CCCC2)cc1. The highest BCUT2D eigenvalue weighted by Crippen LogP contribution is 2.27. The molecule has 0 N–H and O–H groups in total. The van der Waals surface area contributed by atoms with Gasteiger partial charge >= 0.3 is 0 Å². The number of carbonyl (C=O) groups excluding carboxylic acids is 1. The minimum absolute atomic E-state index is 0.201. The standard InChI is InChI=1S/C17H22N4O/c1-17(2,3)16-15(12-22)18-19-21(16)14-8-6-13(7-9-14)20-10-4-5-11-20/h6-9,12H,4-5,10-11H2,1-3H3. The van der Waals surface area contributed by atoms with Gasteiger partial charge in [-0.15, -0.1) is 5.10 Å². The van der Waals surface area contributed by atoms with Gasteiger partial charge in [0.15, 0.2) is 6.29 Å². The molecule has 1 aliphatic rings. The van der Waals surface area contributed by atoms with Crippen LogP contribution >= 0.6 is 0 Å². The van der Waals surface area contributed by atoms with E-state index in [-0.39, 0.29) is 5.41 Å². The van der Waals surface area contributed by atoms with E-state index in [0.717, 1.165) is 30.8 Å². The van der Waals surface area contributed by atoms with Crippen molar-refractivity contribution in [3.05, 3.63) is 35.7 Å². The van der Waals surface area contributed by atoms with Gasteiger partial charge < -0.3 is 4.90 Å². The highest BCUT2D eigenvalue weighted by Gasteiger charge is 2.26. The smallest absolute Gasteiger partial charge is 0.172 e. The number of hydrogen-bond donors (Lipinski definition) is 0. The van der Waals surface area contributed by atoms with Crippen LogP contribution in [0.5, 0.6) is 0 Å². The van der Waals surface area contributed by atoms with E-state index in [2.05, 4.69) is 48.1 Å². The molecule has 1 aromatic carbocycles. The van der Waals surface area contributed by atoms with Gasteiger partial charge in [0.2, 0.25) is 0 Å². The minimum atomic E-state index is -0.201. The van der Waals surface area contributed by atoms with Crippen molar-refractivity contribution in [3.63, 3.8) is 0 Å². The first-order valence-corrected chi connectivity index (χ1v) is 7.77. The Bertz CT molecular complexity index is 661. The Kier molecular flexibility index (Phi) is 3.72. The summed E-state index contributed by atoms with van der Waals surface area (Å²) >= 11 is 0. The monoisotopic (exact) mass is 298 g/mol. The van der Waals surface area contributed by atoms with Crippen molar-refractivity contribution < 1.29 is 4.79 Å². The van der Waals surface area contributed by atoms with E-state index in [4.69, 9.17) is 0 Å². The average Bonchev–Trinajstić information content (AvgIpc) is 3.16. The maximum absolute atomic E-state index is 11.2. The Morgan fingerprint density at radius 2 is 1.64 bits per heavy atom. The van der Waals surface area contributed by atoms with E-state index in [9.17, 15) is 4.79 Å². The molecule has 116 valence electrons. The number of hydrogen-bond acceptors (Lipinski definition) is 4. The van der Waals surface area contributed by atoms with Gasteiger partial charge in [0, 0.05) is 24.2 Å². The Balaban J connectivity index is 1.97. The second-order valence-corrected chi connectivity index (χ2v) is 6.81. The van der Waals surface area contributed by atoms with E-state index < -0.39 is 0 Å². The van der Waals surface area contributed by atoms with E-state index in [1.54, 1.807) is 4.68 Å². The first-order chi connectivity index (χ1) is 10.5. The number of nitrogens with zero attached hydrogens (tertiary/aromatic N) is 4. The molecule has 0 radical (unpaired) electrons. The highest BCUT2D eigenvalue weighted by molar-refractivity contribution is 5.74. The Hall–Kier alpha value is -2.17. The maximum Gasteiger partial charge on any atom is 0.172 e. The number of anilines is 1. The van der Waals surface area contributed by atoms with E-state index in [1.807, 2.05) is 12.1 Å². The summed E-state index contributed by atoms with van der Waals surface area (Å²) < 4.78 is 1.78. The van der Waals surface area contributed by atoms with E-state index in [0.29, 0.717) is 5.69 Å². The lowest BCUT2D eigenvalue weighted by atomic mass is 9.90. The van der Waals surface area contributed by atoms with Gasteiger partial charge in [-0.1, -0.05) is 26.0 Å². The molecule has 0 amide bonds. The van der Waals surface area contributed by atoms with Crippen LogP contribution < -0.4 is 4.90 Å². The van der Waals surface area contributed by atoms with Crippen molar-refractivity contribution in [1.82, 2.24) is 15.0 Å². The summed E-state index contributed by atoms with van der Waals surface area (Å²) in [5.41, 5.74) is 3.24. The van der Waals surface area contributed by atoms with Crippen molar-refractivity contribution >= 4 is 12.0 Å². The lowest BCUT2D eigenvalue weighted by Gasteiger charge is -2.21. The summed E-state index contributed by atoms with van der Waals surface area (Å²) in [4.78, 5) is 13.6. The molecule has 2 aromatic rings. The summed E-state index contributed by atoms with van der Waals surface area (Å²) in [5, 5.41) is 8.18. The third-order valence-corrected chi connectivity index (χ3v) is 4.08. The fraction of sp³-hybridized carbons (Fsp3) is 0.471. The second-order valence-electron chi connectivity index (χ2n) is 6.81. The average molecular weight is 298 g/mol. The van der Waals surface area contributed by atoms with Crippen molar-refractivity contribution in [2.24, 2.45) is 0 Å². The molecule has 0 unspecified atom stereocenters. The number of aldehydes is 1. The second kappa shape index (κ2) is 5.55. The van der Waals surface area contributed by atoms with Gasteiger partial charge in [0.1, 0.15) is 5.69 Å². The Labute approximate surface area is 130 Å². The third kappa shape index (κ3) is 2.63. The lowest BCUT2D eigenvalue weighted by Crippen LogP contribution is -2.20. The number of carbonyl (C=O) groups is 1. The molecule has 1 fully saturated rings. The van der Waals surface area contributed by atoms with Crippen molar-refractivity contribution in [1.29, 1.82) is 0 Å². The van der Waals surface area contributed by atoms with Crippen LogP contribution in [0.3, 0.4) is 0 Å². The molecule has 0 bridgehead atoms. The first kappa shape index (κ1) is 14.8. The molecular formula is C17H22N4O. The summed E-state index contributed by atoms with van der Waals surface area (Å²) in [7, 11) is 0. The molecule has 22 heavy (non-hydrogen) atoms. The molecule has 0 atom stereocenters.